The van der Waals surface area contributed by atoms with Gasteiger partial charge in [-0.05, 0) is 50.7 Å². The minimum absolute atomic E-state index is 0.0523. The minimum atomic E-state index is -0.523. The fraction of sp³-hybridized carbons (Fsp3) is 0.464. The van der Waals surface area contributed by atoms with E-state index >= 15 is 0 Å². The molecule has 204 valence electrons. The molecular weight excluding hydrogens is 496 g/mol. The number of fused-ring (bicyclic) bond motifs is 2. The molecule has 0 saturated carbocycles. The molecule has 0 spiro atoms. The SMILES string of the molecule is Cc1nc2n(n1)CCN(C(=O)c1ccnnc1)CCCC(=O)N1CCCC[C@H]1C(=O)N[C@@H]2Cc1ccccc1. The third-order valence-electron chi connectivity index (χ3n) is 7.36. The van der Waals surface area contributed by atoms with Gasteiger partial charge in [0.1, 0.15) is 17.7 Å². The van der Waals surface area contributed by atoms with Gasteiger partial charge in [-0.1, -0.05) is 30.3 Å². The number of piperidine rings is 1. The molecule has 3 amide bonds. The van der Waals surface area contributed by atoms with E-state index in [1.165, 1.54) is 12.4 Å². The van der Waals surface area contributed by atoms with E-state index in [0.29, 0.717) is 62.7 Å². The van der Waals surface area contributed by atoms with E-state index in [1.54, 1.807) is 20.5 Å². The summed E-state index contributed by atoms with van der Waals surface area (Å²) in [4.78, 5) is 48.5. The molecule has 0 radical (unpaired) electrons. The number of amides is 3. The Morgan fingerprint density at radius 2 is 1.85 bits per heavy atom. The molecule has 4 heterocycles. The number of carbonyl (C=O) groups is 3. The van der Waals surface area contributed by atoms with Crippen LogP contribution in [0.2, 0.25) is 0 Å². The van der Waals surface area contributed by atoms with E-state index in [2.05, 4.69) is 20.6 Å². The third-order valence-corrected chi connectivity index (χ3v) is 7.36. The summed E-state index contributed by atoms with van der Waals surface area (Å²) in [6.07, 6.45) is 6.62. The summed E-state index contributed by atoms with van der Waals surface area (Å²) in [5.41, 5.74) is 1.49. The van der Waals surface area contributed by atoms with E-state index in [0.717, 1.165) is 18.4 Å². The summed E-state index contributed by atoms with van der Waals surface area (Å²) in [7, 11) is 0. The van der Waals surface area contributed by atoms with Gasteiger partial charge in [0.15, 0.2) is 0 Å². The Labute approximate surface area is 227 Å². The van der Waals surface area contributed by atoms with Gasteiger partial charge >= 0.3 is 0 Å². The first-order valence-corrected chi connectivity index (χ1v) is 13.6. The standard InChI is InChI=1S/C28H34N8O3/c1-20-31-26-23(18-21-8-3-2-4-9-21)32-27(38)24-10-5-6-15-35(24)25(37)11-7-14-34(16-17-36(26)33-20)28(39)22-12-13-29-30-19-22/h2-4,8-9,12-13,19,23-24H,5-7,10-11,14-18H2,1H3,(H,32,38)/t23-,24+/m1/s1. The highest BCUT2D eigenvalue weighted by Gasteiger charge is 2.34. The summed E-state index contributed by atoms with van der Waals surface area (Å²) in [6, 6.07) is 10.6. The van der Waals surface area contributed by atoms with Gasteiger partial charge in [0.2, 0.25) is 11.8 Å². The molecule has 1 aromatic carbocycles. The van der Waals surface area contributed by atoms with Gasteiger partial charge in [-0.3, -0.25) is 14.4 Å². The maximum absolute atomic E-state index is 13.7. The van der Waals surface area contributed by atoms with Gasteiger partial charge in [0.05, 0.1) is 30.5 Å². The van der Waals surface area contributed by atoms with Gasteiger partial charge in [-0.15, -0.1) is 0 Å². The summed E-state index contributed by atoms with van der Waals surface area (Å²) < 4.78 is 1.80. The Hall–Kier alpha value is -4.15. The number of rotatable bonds is 3. The maximum atomic E-state index is 13.7. The average molecular weight is 531 g/mol. The highest BCUT2D eigenvalue weighted by molar-refractivity contribution is 5.93. The van der Waals surface area contributed by atoms with Crippen molar-refractivity contribution in [3.8, 4) is 0 Å². The summed E-state index contributed by atoms with van der Waals surface area (Å²) >= 11 is 0. The normalized spacial score (nSPS) is 20.9. The van der Waals surface area contributed by atoms with Gasteiger partial charge in [0, 0.05) is 26.1 Å². The van der Waals surface area contributed by atoms with Crippen molar-refractivity contribution < 1.29 is 14.4 Å². The van der Waals surface area contributed by atoms with Crippen molar-refractivity contribution in [1.82, 2.24) is 40.1 Å². The molecule has 1 saturated heterocycles. The summed E-state index contributed by atoms with van der Waals surface area (Å²) in [5, 5.41) is 15.5. The molecule has 0 unspecified atom stereocenters. The number of carbonyl (C=O) groups excluding carboxylic acids is 3. The molecular formula is C28H34N8O3. The molecule has 2 atom stereocenters. The predicted octanol–water partition coefficient (Wildman–Crippen LogP) is 2.09. The second-order valence-corrected chi connectivity index (χ2v) is 10.1. The highest BCUT2D eigenvalue weighted by atomic mass is 16.2. The van der Waals surface area contributed by atoms with Crippen LogP contribution >= 0.6 is 0 Å². The van der Waals surface area contributed by atoms with Gasteiger partial charge in [-0.2, -0.15) is 15.3 Å². The first-order chi connectivity index (χ1) is 19.0. The number of hydrogen-bond donors (Lipinski definition) is 1. The van der Waals surface area contributed by atoms with E-state index in [-0.39, 0.29) is 24.1 Å². The van der Waals surface area contributed by atoms with Crippen LogP contribution in [0.1, 0.15) is 65.7 Å². The fourth-order valence-electron chi connectivity index (χ4n) is 5.42. The molecule has 2 aromatic heterocycles. The molecule has 1 fully saturated rings. The molecule has 0 aliphatic carbocycles. The van der Waals surface area contributed by atoms with Crippen molar-refractivity contribution in [2.75, 3.05) is 19.6 Å². The second-order valence-electron chi connectivity index (χ2n) is 10.1. The van der Waals surface area contributed by atoms with E-state index in [1.807, 2.05) is 37.3 Å². The molecule has 0 bridgehead atoms. The van der Waals surface area contributed by atoms with Crippen molar-refractivity contribution in [3.63, 3.8) is 0 Å². The van der Waals surface area contributed by atoms with Crippen molar-refractivity contribution in [2.24, 2.45) is 0 Å². The van der Waals surface area contributed by atoms with E-state index in [9.17, 15) is 14.4 Å². The Morgan fingerprint density at radius 3 is 2.64 bits per heavy atom. The van der Waals surface area contributed by atoms with Gasteiger partial charge in [-0.25, -0.2) is 9.67 Å². The van der Waals surface area contributed by atoms with Crippen LogP contribution in [-0.2, 0) is 22.6 Å². The average Bonchev–Trinajstić information content (AvgIpc) is 3.34. The Morgan fingerprint density at radius 1 is 1.00 bits per heavy atom. The lowest BCUT2D eigenvalue weighted by atomic mass is 9.99. The number of aryl methyl sites for hydroxylation is 1. The van der Waals surface area contributed by atoms with Crippen LogP contribution in [0.15, 0.2) is 48.8 Å². The van der Waals surface area contributed by atoms with Gasteiger partial charge in [0.25, 0.3) is 5.91 Å². The lowest BCUT2D eigenvalue weighted by Crippen LogP contribution is -2.53. The number of nitrogens with one attached hydrogen (secondary N) is 1. The first kappa shape index (κ1) is 26.5. The smallest absolute Gasteiger partial charge is 0.255 e. The molecule has 2 aliphatic rings. The van der Waals surface area contributed by atoms with Crippen molar-refractivity contribution in [3.05, 3.63) is 71.6 Å². The number of nitrogens with zero attached hydrogens (tertiary/aromatic N) is 7. The van der Waals surface area contributed by atoms with Gasteiger partial charge < -0.3 is 15.1 Å². The zero-order valence-corrected chi connectivity index (χ0v) is 22.2. The monoisotopic (exact) mass is 530 g/mol. The topological polar surface area (TPSA) is 126 Å². The van der Waals surface area contributed by atoms with Crippen LogP contribution in [0.25, 0.3) is 0 Å². The third kappa shape index (κ3) is 6.30. The van der Waals surface area contributed by atoms with Crippen molar-refractivity contribution in [1.29, 1.82) is 0 Å². The molecule has 3 aromatic rings. The quantitative estimate of drug-likeness (QED) is 0.550. The zero-order chi connectivity index (χ0) is 27.2. The number of hydrogen-bond acceptors (Lipinski definition) is 7. The minimum Gasteiger partial charge on any atom is -0.344 e. The summed E-state index contributed by atoms with van der Waals surface area (Å²) in [6.45, 7) is 3.53. The maximum Gasteiger partial charge on any atom is 0.255 e. The van der Waals surface area contributed by atoms with Crippen LogP contribution in [0.4, 0.5) is 0 Å². The highest BCUT2D eigenvalue weighted by Crippen LogP contribution is 2.23. The zero-order valence-electron chi connectivity index (χ0n) is 22.2. The van der Waals surface area contributed by atoms with Crippen LogP contribution in [0, 0.1) is 6.92 Å². The first-order valence-electron chi connectivity index (χ1n) is 13.6. The molecule has 11 nitrogen and oxygen atoms in total. The summed E-state index contributed by atoms with van der Waals surface area (Å²) in [5.74, 6) is 0.840. The Bertz CT molecular complexity index is 1300. The lowest BCUT2D eigenvalue weighted by Gasteiger charge is -2.36. The lowest BCUT2D eigenvalue weighted by molar-refractivity contribution is -0.142. The molecule has 39 heavy (non-hydrogen) atoms. The van der Waals surface area contributed by atoms with Crippen LogP contribution < -0.4 is 5.32 Å². The van der Waals surface area contributed by atoms with Crippen LogP contribution in [0.5, 0.6) is 0 Å². The fourth-order valence-corrected chi connectivity index (χ4v) is 5.42. The molecule has 1 N–H and O–H groups in total. The van der Waals surface area contributed by atoms with Crippen molar-refractivity contribution >= 4 is 17.7 Å². The molecule has 5 rings (SSSR count). The largest absolute Gasteiger partial charge is 0.344 e. The predicted molar refractivity (Wildman–Crippen MR) is 142 cm³/mol. The van der Waals surface area contributed by atoms with Crippen LogP contribution in [-0.4, -0.2) is 78.2 Å². The number of benzene rings is 1. The Balaban J connectivity index is 1.49. The Kier molecular flexibility index (Phi) is 8.24. The van der Waals surface area contributed by atoms with E-state index in [4.69, 9.17) is 4.98 Å². The van der Waals surface area contributed by atoms with E-state index < -0.39 is 12.1 Å². The van der Waals surface area contributed by atoms with Crippen LogP contribution in [0.3, 0.4) is 0 Å². The second kappa shape index (κ2) is 12.1. The molecule has 2 aliphatic heterocycles. The number of aromatic nitrogens is 5. The molecule has 11 heteroatoms. The van der Waals surface area contributed by atoms with Crippen molar-refractivity contribution in [2.45, 2.75) is 64.1 Å².